The lowest BCUT2D eigenvalue weighted by molar-refractivity contribution is -0.146. The molecule has 1 rings (SSSR count). The fraction of sp³-hybridized carbons (Fsp3) is 0.385. The van der Waals surface area contributed by atoms with Gasteiger partial charge >= 0.3 is 5.97 Å². The lowest BCUT2D eigenvalue weighted by Gasteiger charge is -2.07. The molecule has 0 unspecified atom stereocenters. The smallest absolute Gasteiger partial charge is 0.306 e. The lowest BCUT2D eigenvalue weighted by Crippen LogP contribution is -2.20. The molecule has 5 heteroatoms. The molecule has 0 aliphatic carbocycles. The molecule has 0 saturated carbocycles. The minimum absolute atomic E-state index is 0.260. The number of ether oxygens (including phenoxy) is 2. The van der Waals surface area contributed by atoms with E-state index >= 15 is 0 Å². The van der Waals surface area contributed by atoms with Gasteiger partial charge in [-0.05, 0) is 31.2 Å². The number of carbonyl (C=O) groups excluding carboxylic acids is 2. The van der Waals surface area contributed by atoms with Crippen molar-refractivity contribution in [1.82, 2.24) is 0 Å². The van der Waals surface area contributed by atoms with Gasteiger partial charge in [-0.3, -0.25) is 9.59 Å². The normalized spacial score (nSPS) is 9.67. The van der Waals surface area contributed by atoms with Gasteiger partial charge in [-0.1, -0.05) is 6.92 Å². The Bertz CT molecular complexity index is 400. The first-order valence-corrected chi connectivity index (χ1v) is 5.84. The number of benzene rings is 1. The molecule has 98 valence electrons. The number of rotatable bonds is 6. The number of esters is 1. The highest BCUT2D eigenvalue weighted by atomic mass is 16.5. The summed E-state index contributed by atoms with van der Waals surface area (Å²) in [5.41, 5.74) is 0.635. The highest BCUT2D eigenvalue weighted by Gasteiger charge is 2.06. The standard InChI is InChI=1S/C13H17NO4/c1-3-13(16)18-9-12(15)14-10-5-7-11(8-6-10)17-4-2/h5-8H,3-4,9H2,1-2H3,(H,14,15). The predicted molar refractivity (Wildman–Crippen MR) is 67.5 cm³/mol. The SMILES string of the molecule is CCOc1ccc(NC(=O)COC(=O)CC)cc1. The van der Waals surface area contributed by atoms with Crippen LogP contribution in [0, 0.1) is 0 Å². The third kappa shape index (κ3) is 4.86. The molecular weight excluding hydrogens is 234 g/mol. The molecule has 5 nitrogen and oxygen atoms in total. The molecule has 0 heterocycles. The van der Waals surface area contributed by atoms with Gasteiger partial charge in [0.05, 0.1) is 6.61 Å². The molecule has 0 spiro atoms. The van der Waals surface area contributed by atoms with E-state index in [-0.39, 0.29) is 18.9 Å². The maximum atomic E-state index is 11.4. The molecule has 0 atom stereocenters. The van der Waals surface area contributed by atoms with Gasteiger partial charge in [-0.15, -0.1) is 0 Å². The van der Waals surface area contributed by atoms with E-state index in [2.05, 4.69) is 5.32 Å². The molecule has 1 aromatic carbocycles. The van der Waals surface area contributed by atoms with Crippen LogP contribution >= 0.6 is 0 Å². The molecule has 1 N–H and O–H groups in total. The Morgan fingerprint density at radius 1 is 1.17 bits per heavy atom. The van der Waals surface area contributed by atoms with Crippen LogP contribution in [0.5, 0.6) is 5.75 Å². The Kier molecular flexibility index (Phi) is 5.70. The zero-order chi connectivity index (χ0) is 13.4. The van der Waals surface area contributed by atoms with Crippen LogP contribution in [0.4, 0.5) is 5.69 Å². The van der Waals surface area contributed by atoms with Crippen LogP contribution < -0.4 is 10.1 Å². The van der Waals surface area contributed by atoms with E-state index < -0.39 is 5.97 Å². The number of nitrogens with one attached hydrogen (secondary N) is 1. The monoisotopic (exact) mass is 251 g/mol. The Balaban J connectivity index is 2.42. The maximum Gasteiger partial charge on any atom is 0.306 e. The average Bonchev–Trinajstić information content (AvgIpc) is 2.38. The van der Waals surface area contributed by atoms with Crippen LogP contribution in [0.15, 0.2) is 24.3 Å². The van der Waals surface area contributed by atoms with Gasteiger partial charge in [0.2, 0.25) is 0 Å². The van der Waals surface area contributed by atoms with Crippen LogP contribution in [-0.4, -0.2) is 25.1 Å². The molecule has 0 saturated heterocycles. The van der Waals surface area contributed by atoms with Gasteiger partial charge in [0.15, 0.2) is 6.61 Å². The molecule has 1 amide bonds. The van der Waals surface area contributed by atoms with Crippen molar-refractivity contribution in [3.05, 3.63) is 24.3 Å². The largest absolute Gasteiger partial charge is 0.494 e. The summed E-state index contributed by atoms with van der Waals surface area (Å²) in [6.45, 7) is 3.91. The molecule has 0 bridgehead atoms. The fourth-order valence-corrected chi connectivity index (χ4v) is 1.25. The summed E-state index contributed by atoms with van der Waals surface area (Å²) in [4.78, 5) is 22.3. The van der Waals surface area contributed by atoms with E-state index in [0.29, 0.717) is 12.3 Å². The second-order valence-electron chi connectivity index (χ2n) is 3.52. The van der Waals surface area contributed by atoms with Crippen molar-refractivity contribution in [2.24, 2.45) is 0 Å². The summed E-state index contributed by atoms with van der Waals surface area (Å²) in [6.07, 6.45) is 0.260. The van der Waals surface area contributed by atoms with Crippen molar-refractivity contribution in [2.75, 3.05) is 18.5 Å². The second-order valence-corrected chi connectivity index (χ2v) is 3.52. The van der Waals surface area contributed by atoms with Crippen molar-refractivity contribution < 1.29 is 19.1 Å². The second kappa shape index (κ2) is 7.32. The first kappa shape index (κ1) is 14.0. The summed E-state index contributed by atoms with van der Waals surface area (Å²) in [7, 11) is 0. The van der Waals surface area contributed by atoms with Crippen LogP contribution in [0.25, 0.3) is 0 Å². The highest BCUT2D eigenvalue weighted by Crippen LogP contribution is 2.15. The van der Waals surface area contributed by atoms with Gasteiger partial charge < -0.3 is 14.8 Å². The topological polar surface area (TPSA) is 64.6 Å². The van der Waals surface area contributed by atoms with E-state index in [1.54, 1.807) is 31.2 Å². The fourth-order valence-electron chi connectivity index (χ4n) is 1.25. The maximum absolute atomic E-state index is 11.4. The number of carbonyl (C=O) groups is 2. The van der Waals surface area contributed by atoms with E-state index in [0.717, 1.165) is 5.75 Å². The zero-order valence-electron chi connectivity index (χ0n) is 10.6. The third-order valence-corrected chi connectivity index (χ3v) is 2.10. The summed E-state index contributed by atoms with van der Waals surface area (Å²) in [5.74, 6) is -0.00860. The highest BCUT2D eigenvalue weighted by molar-refractivity contribution is 5.92. The van der Waals surface area contributed by atoms with E-state index in [1.807, 2.05) is 6.92 Å². The van der Waals surface area contributed by atoms with Crippen molar-refractivity contribution >= 4 is 17.6 Å². The van der Waals surface area contributed by atoms with Crippen LogP contribution in [-0.2, 0) is 14.3 Å². The Hall–Kier alpha value is -2.04. The summed E-state index contributed by atoms with van der Waals surface area (Å²) in [5, 5.41) is 2.62. The molecule has 18 heavy (non-hydrogen) atoms. The van der Waals surface area contributed by atoms with Crippen molar-refractivity contribution in [3.63, 3.8) is 0 Å². The van der Waals surface area contributed by atoms with Gasteiger partial charge in [-0.2, -0.15) is 0 Å². The lowest BCUT2D eigenvalue weighted by atomic mass is 10.3. The molecule has 0 aliphatic heterocycles. The number of hydrogen-bond acceptors (Lipinski definition) is 4. The Morgan fingerprint density at radius 2 is 1.83 bits per heavy atom. The first-order chi connectivity index (χ1) is 8.65. The molecule has 0 aromatic heterocycles. The van der Waals surface area contributed by atoms with Crippen molar-refractivity contribution in [2.45, 2.75) is 20.3 Å². The molecule has 0 radical (unpaired) electrons. The third-order valence-electron chi connectivity index (χ3n) is 2.10. The Morgan fingerprint density at radius 3 is 2.39 bits per heavy atom. The average molecular weight is 251 g/mol. The molecule has 1 aromatic rings. The Labute approximate surface area is 106 Å². The molecule has 0 aliphatic rings. The van der Waals surface area contributed by atoms with Gasteiger partial charge in [0.25, 0.3) is 5.91 Å². The quantitative estimate of drug-likeness (QED) is 0.785. The van der Waals surface area contributed by atoms with Crippen molar-refractivity contribution in [1.29, 1.82) is 0 Å². The number of hydrogen-bond donors (Lipinski definition) is 1. The van der Waals surface area contributed by atoms with Crippen molar-refractivity contribution in [3.8, 4) is 5.75 Å². The van der Waals surface area contributed by atoms with Gasteiger partial charge in [-0.25, -0.2) is 0 Å². The first-order valence-electron chi connectivity index (χ1n) is 5.84. The number of anilines is 1. The zero-order valence-corrected chi connectivity index (χ0v) is 10.6. The van der Waals surface area contributed by atoms with E-state index in [9.17, 15) is 9.59 Å². The van der Waals surface area contributed by atoms with E-state index in [1.165, 1.54) is 0 Å². The molecular formula is C13H17NO4. The minimum atomic E-state index is -0.392. The van der Waals surface area contributed by atoms with Gasteiger partial charge in [0, 0.05) is 12.1 Å². The van der Waals surface area contributed by atoms with Crippen LogP contribution in [0.3, 0.4) is 0 Å². The minimum Gasteiger partial charge on any atom is -0.494 e. The molecule has 0 fully saturated rings. The van der Waals surface area contributed by atoms with Crippen LogP contribution in [0.1, 0.15) is 20.3 Å². The summed E-state index contributed by atoms with van der Waals surface area (Å²) < 4.78 is 9.99. The van der Waals surface area contributed by atoms with Gasteiger partial charge in [0.1, 0.15) is 5.75 Å². The predicted octanol–water partition coefficient (Wildman–Crippen LogP) is 1.98. The number of amides is 1. The van der Waals surface area contributed by atoms with Crippen LogP contribution in [0.2, 0.25) is 0 Å². The van der Waals surface area contributed by atoms with E-state index in [4.69, 9.17) is 9.47 Å². The summed E-state index contributed by atoms with van der Waals surface area (Å²) in [6, 6.07) is 6.98. The summed E-state index contributed by atoms with van der Waals surface area (Å²) >= 11 is 0.